The lowest BCUT2D eigenvalue weighted by Gasteiger charge is -2.33. The van der Waals surface area contributed by atoms with Crippen LogP contribution in [0.1, 0.15) is 30.7 Å². The van der Waals surface area contributed by atoms with Gasteiger partial charge in [0.1, 0.15) is 0 Å². The van der Waals surface area contributed by atoms with Crippen molar-refractivity contribution in [2.75, 3.05) is 18.5 Å². The molecule has 1 heterocycles. The standard InChI is InChI=1S/C20H23N3O2/c21-20(23-17-11-15(12-17)14-5-2-1-3-6-14)22-16-7-8-18-19(13-16)25-10-4-9-24-18/h1-3,5-8,13,15,17H,4,9-12H2,(H3,21,22,23). The molecule has 3 N–H and O–H groups in total. The van der Waals surface area contributed by atoms with E-state index in [9.17, 15) is 0 Å². The van der Waals surface area contributed by atoms with Gasteiger partial charge >= 0.3 is 0 Å². The van der Waals surface area contributed by atoms with Crippen LogP contribution in [0.15, 0.2) is 53.5 Å². The minimum Gasteiger partial charge on any atom is -0.490 e. The number of nitrogens with one attached hydrogen (secondary N) is 1. The molecule has 0 spiro atoms. The largest absolute Gasteiger partial charge is 0.490 e. The number of rotatable bonds is 3. The number of ether oxygens (including phenoxy) is 2. The molecule has 25 heavy (non-hydrogen) atoms. The van der Waals surface area contributed by atoms with Crippen LogP contribution in [0.5, 0.6) is 11.5 Å². The first-order chi connectivity index (χ1) is 12.3. The number of hydrogen-bond donors (Lipinski definition) is 2. The maximum Gasteiger partial charge on any atom is 0.193 e. The minimum atomic E-state index is 0.290. The molecule has 130 valence electrons. The Labute approximate surface area is 147 Å². The van der Waals surface area contributed by atoms with E-state index in [0.717, 1.165) is 36.4 Å². The molecule has 0 bridgehead atoms. The topological polar surface area (TPSA) is 68.9 Å². The number of nitrogens with zero attached hydrogens (tertiary/aromatic N) is 1. The summed E-state index contributed by atoms with van der Waals surface area (Å²) in [6.07, 6.45) is 2.99. The summed E-state index contributed by atoms with van der Waals surface area (Å²) in [7, 11) is 0. The van der Waals surface area contributed by atoms with E-state index in [-0.39, 0.29) is 6.04 Å². The average Bonchev–Trinajstić information content (AvgIpc) is 2.83. The van der Waals surface area contributed by atoms with E-state index in [1.165, 1.54) is 5.56 Å². The van der Waals surface area contributed by atoms with Gasteiger partial charge in [0.25, 0.3) is 0 Å². The Balaban J connectivity index is 1.35. The van der Waals surface area contributed by atoms with Crippen LogP contribution in [-0.2, 0) is 0 Å². The fourth-order valence-corrected chi connectivity index (χ4v) is 3.31. The van der Waals surface area contributed by atoms with Crippen LogP contribution in [0.4, 0.5) is 5.69 Å². The molecule has 0 radical (unpaired) electrons. The van der Waals surface area contributed by atoms with E-state index < -0.39 is 0 Å². The molecular formula is C20H23N3O2. The molecule has 0 unspecified atom stereocenters. The van der Waals surface area contributed by atoms with Gasteiger partial charge in [-0.1, -0.05) is 30.3 Å². The molecule has 0 amide bonds. The number of fused-ring (bicyclic) bond motifs is 1. The highest BCUT2D eigenvalue weighted by Gasteiger charge is 2.30. The van der Waals surface area contributed by atoms with Crippen molar-refractivity contribution < 1.29 is 9.47 Å². The number of nitrogens with two attached hydrogens (primary N) is 1. The van der Waals surface area contributed by atoms with Gasteiger partial charge in [-0.2, -0.15) is 0 Å². The number of guanidine groups is 1. The maximum absolute atomic E-state index is 6.07. The lowest BCUT2D eigenvalue weighted by molar-refractivity contribution is 0.297. The summed E-state index contributed by atoms with van der Waals surface area (Å²) < 4.78 is 11.3. The number of benzene rings is 2. The summed E-state index contributed by atoms with van der Waals surface area (Å²) in [5, 5.41) is 3.16. The number of hydrogen-bond acceptors (Lipinski definition) is 3. The molecule has 5 heteroatoms. The van der Waals surface area contributed by atoms with Gasteiger partial charge in [-0.15, -0.1) is 0 Å². The highest BCUT2D eigenvalue weighted by molar-refractivity contribution is 5.92. The molecule has 0 atom stereocenters. The predicted octanol–water partition coefficient (Wildman–Crippen LogP) is 3.52. The van der Waals surface area contributed by atoms with Crippen molar-refractivity contribution in [3.63, 3.8) is 0 Å². The molecule has 1 fully saturated rings. The number of anilines is 1. The van der Waals surface area contributed by atoms with E-state index >= 15 is 0 Å². The fourth-order valence-electron chi connectivity index (χ4n) is 3.31. The van der Waals surface area contributed by atoms with Crippen molar-refractivity contribution in [3.8, 4) is 11.5 Å². The SMILES string of the molecule is NC(=NC1CC(c2ccccc2)C1)Nc1ccc2c(c1)OCCCO2. The Morgan fingerprint density at radius 3 is 2.56 bits per heavy atom. The molecule has 2 aromatic rings. The molecule has 2 aliphatic rings. The Hall–Kier alpha value is -2.69. The van der Waals surface area contributed by atoms with E-state index in [0.29, 0.717) is 25.1 Å². The van der Waals surface area contributed by atoms with Gasteiger partial charge in [0.2, 0.25) is 0 Å². The van der Waals surface area contributed by atoms with Gasteiger partial charge in [0, 0.05) is 18.2 Å². The molecular weight excluding hydrogens is 314 g/mol. The monoisotopic (exact) mass is 337 g/mol. The van der Waals surface area contributed by atoms with E-state index in [1.54, 1.807) is 0 Å². The molecule has 5 nitrogen and oxygen atoms in total. The summed E-state index contributed by atoms with van der Waals surface area (Å²) in [6, 6.07) is 16.6. The third-order valence-electron chi connectivity index (χ3n) is 4.73. The highest BCUT2D eigenvalue weighted by atomic mass is 16.5. The van der Waals surface area contributed by atoms with Crippen LogP contribution in [0.3, 0.4) is 0 Å². The van der Waals surface area contributed by atoms with Crippen molar-refractivity contribution >= 4 is 11.6 Å². The summed E-state index contributed by atoms with van der Waals surface area (Å²) in [6.45, 7) is 1.36. The fraction of sp³-hybridized carbons (Fsp3) is 0.350. The van der Waals surface area contributed by atoms with E-state index in [1.807, 2.05) is 18.2 Å². The first-order valence-electron chi connectivity index (χ1n) is 8.83. The molecule has 0 saturated heterocycles. The Kier molecular flexibility index (Phi) is 4.46. The smallest absolute Gasteiger partial charge is 0.193 e. The van der Waals surface area contributed by atoms with Gasteiger partial charge in [-0.3, -0.25) is 0 Å². The molecule has 1 aliphatic heterocycles. The second kappa shape index (κ2) is 7.05. The van der Waals surface area contributed by atoms with Gasteiger partial charge < -0.3 is 20.5 Å². The first kappa shape index (κ1) is 15.8. The van der Waals surface area contributed by atoms with Crippen LogP contribution < -0.4 is 20.5 Å². The molecule has 0 aromatic heterocycles. The Morgan fingerprint density at radius 2 is 1.76 bits per heavy atom. The molecule has 1 aliphatic carbocycles. The second-order valence-corrected chi connectivity index (χ2v) is 6.58. The zero-order valence-corrected chi connectivity index (χ0v) is 14.2. The Morgan fingerprint density at radius 1 is 1.00 bits per heavy atom. The first-order valence-corrected chi connectivity index (χ1v) is 8.83. The van der Waals surface area contributed by atoms with Gasteiger partial charge in [-0.25, -0.2) is 4.99 Å². The normalized spacial score (nSPS) is 22.6. The maximum atomic E-state index is 6.07. The van der Waals surface area contributed by atoms with Crippen molar-refractivity contribution in [1.29, 1.82) is 0 Å². The third kappa shape index (κ3) is 3.71. The highest BCUT2D eigenvalue weighted by Crippen LogP contribution is 2.38. The summed E-state index contributed by atoms with van der Waals surface area (Å²) in [5.74, 6) is 2.58. The van der Waals surface area contributed by atoms with Crippen molar-refractivity contribution in [1.82, 2.24) is 0 Å². The molecule has 4 rings (SSSR count). The van der Waals surface area contributed by atoms with Crippen molar-refractivity contribution in [2.24, 2.45) is 10.7 Å². The predicted molar refractivity (Wildman–Crippen MR) is 99.5 cm³/mol. The Bertz CT molecular complexity index is 755. The van der Waals surface area contributed by atoms with Crippen molar-refractivity contribution in [2.45, 2.75) is 31.2 Å². The van der Waals surface area contributed by atoms with Crippen LogP contribution >= 0.6 is 0 Å². The second-order valence-electron chi connectivity index (χ2n) is 6.58. The van der Waals surface area contributed by atoms with Gasteiger partial charge in [-0.05, 0) is 36.5 Å². The van der Waals surface area contributed by atoms with Gasteiger partial charge in [0.05, 0.1) is 19.3 Å². The average molecular weight is 337 g/mol. The zero-order chi connectivity index (χ0) is 17.1. The van der Waals surface area contributed by atoms with Crippen LogP contribution in [0.2, 0.25) is 0 Å². The molecule has 1 saturated carbocycles. The summed E-state index contributed by atoms with van der Waals surface area (Å²) in [5.41, 5.74) is 8.33. The molecule has 2 aromatic carbocycles. The van der Waals surface area contributed by atoms with Crippen molar-refractivity contribution in [3.05, 3.63) is 54.1 Å². The third-order valence-corrected chi connectivity index (χ3v) is 4.73. The van der Waals surface area contributed by atoms with Crippen LogP contribution in [0, 0.1) is 0 Å². The summed E-state index contributed by atoms with van der Waals surface area (Å²) in [4.78, 5) is 4.60. The lowest BCUT2D eigenvalue weighted by Crippen LogP contribution is -2.31. The lowest BCUT2D eigenvalue weighted by atomic mass is 9.76. The quantitative estimate of drug-likeness (QED) is 0.664. The minimum absolute atomic E-state index is 0.290. The van der Waals surface area contributed by atoms with Crippen LogP contribution in [-0.4, -0.2) is 25.2 Å². The van der Waals surface area contributed by atoms with Crippen LogP contribution in [0.25, 0.3) is 0 Å². The van der Waals surface area contributed by atoms with E-state index in [4.69, 9.17) is 15.2 Å². The van der Waals surface area contributed by atoms with E-state index in [2.05, 4.69) is 40.6 Å². The zero-order valence-electron chi connectivity index (χ0n) is 14.2. The summed E-state index contributed by atoms with van der Waals surface area (Å²) >= 11 is 0. The van der Waals surface area contributed by atoms with Gasteiger partial charge in [0.15, 0.2) is 17.5 Å². The number of aliphatic imine (C=N–C) groups is 1.